The van der Waals surface area contributed by atoms with E-state index in [4.69, 9.17) is 10.5 Å². The Bertz CT molecular complexity index is 833. The van der Waals surface area contributed by atoms with Gasteiger partial charge in [-0.2, -0.15) is 0 Å². The average molecular weight is 385 g/mol. The first-order valence-corrected chi connectivity index (χ1v) is 9.30. The van der Waals surface area contributed by atoms with Gasteiger partial charge in [-0.05, 0) is 69.3 Å². The maximum atomic E-state index is 13.6. The van der Waals surface area contributed by atoms with Crippen LogP contribution in [-0.4, -0.2) is 35.8 Å². The predicted octanol–water partition coefficient (Wildman–Crippen LogP) is 3.14. The molecule has 1 saturated heterocycles. The molecule has 2 amide bonds. The lowest BCUT2D eigenvalue weighted by Gasteiger charge is -2.34. The van der Waals surface area contributed by atoms with Gasteiger partial charge in [-0.3, -0.25) is 14.5 Å². The standard InChI is InChI=1S/C21H24FN3O3/c1-14(20(23)26)25-12-10-15(11-13-25)21(27)24-16-6-8-17(9-7-16)28-19-5-3-2-4-18(19)22/h2-9,14-15H,10-13H2,1H3,(H2,23,26)(H,24,27). The molecule has 148 valence electrons. The molecule has 1 aliphatic heterocycles. The monoisotopic (exact) mass is 385 g/mol. The Morgan fingerprint density at radius 2 is 1.79 bits per heavy atom. The number of hydrogen-bond acceptors (Lipinski definition) is 4. The number of anilines is 1. The van der Waals surface area contributed by atoms with Crippen LogP contribution >= 0.6 is 0 Å². The molecular formula is C21H24FN3O3. The summed E-state index contributed by atoms with van der Waals surface area (Å²) >= 11 is 0. The number of amides is 2. The second-order valence-electron chi connectivity index (χ2n) is 6.93. The number of carbonyl (C=O) groups excluding carboxylic acids is 2. The zero-order valence-electron chi connectivity index (χ0n) is 15.7. The summed E-state index contributed by atoms with van der Waals surface area (Å²) in [4.78, 5) is 25.8. The maximum Gasteiger partial charge on any atom is 0.234 e. The van der Waals surface area contributed by atoms with Crippen LogP contribution < -0.4 is 15.8 Å². The summed E-state index contributed by atoms with van der Waals surface area (Å²) in [5.74, 6) is -0.301. The topological polar surface area (TPSA) is 84.7 Å². The van der Waals surface area contributed by atoms with E-state index in [1.807, 2.05) is 4.90 Å². The van der Waals surface area contributed by atoms with Crippen molar-refractivity contribution >= 4 is 17.5 Å². The first kappa shape index (κ1) is 19.8. The van der Waals surface area contributed by atoms with Gasteiger partial charge in [0, 0.05) is 11.6 Å². The summed E-state index contributed by atoms with van der Waals surface area (Å²) in [5, 5.41) is 2.90. The summed E-state index contributed by atoms with van der Waals surface area (Å²) < 4.78 is 19.2. The number of nitrogens with one attached hydrogen (secondary N) is 1. The zero-order chi connectivity index (χ0) is 20.1. The molecule has 2 aromatic carbocycles. The molecule has 28 heavy (non-hydrogen) atoms. The van der Waals surface area contributed by atoms with Gasteiger partial charge in [0.1, 0.15) is 5.75 Å². The van der Waals surface area contributed by atoms with Gasteiger partial charge in [0.2, 0.25) is 11.8 Å². The number of piperidine rings is 1. The molecule has 0 aromatic heterocycles. The van der Waals surface area contributed by atoms with Crippen LogP contribution in [-0.2, 0) is 9.59 Å². The Hall–Kier alpha value is -2.93. The molecule has 1 atom stereocenters. The van der Waals surface area contributed by atoms with Crippen LogP contribution in [0.4, 0.5) is 10.1 Å². The molecule has 3 rings (SSSR count). The first-order chi connectivity index (χ1) is 13.4. The number of rotatable bonds is 6. The van der Waals surface area contributed by atoms with Crippen LogP contribution in [0.3, 0.4) is 0 Å². The number of carbonyl (C=O) groups is 2. The van der Waals surface area contributed by atoms with E-state index < -0.39 is 5.82 Å². The Morgan fingerprint density at radius 3 is 2.39 bits per heavy atom. The largest absolute Gasteiger partial charge is 0.454 e. The van der Waals surface area contributed by atoms with E-state index in [1.165, 1.54) is 6.07 Å². The summed E-state index contributed by atoms with van der Waals surface area (Å²) in [7, 11) is 0. The predicted molar refractivity (Wildman–Crippen MR) is 104 cm³/mol. The highest BCUT2D eigenvalue weighted by atomic mass is 19.1. The lowest BCUT2D eigenvalue weighted by atomic mass is 9.95. The molecule has 1 aliphatic rings. The fourth-order valence-electron chi connectivity index (χ4n) is 3.23. The van der Waals surface area contributed by atoms with Crippen LogP contribution in [0, 0.1) is 11.7 Å². The molecule has 7 heteroatoms. The summed E-state index contributed by atoms with van der Waals surface area (Å²) in [6.07, 6.45) is 1.36. The van der Waals surface area contributed by atoms with Crippen LogP contribution in [0.25, 0.3) is 0 Å². The van der Waals surface area contributed by atoms with E-state index in [1.54, 1.807) is 49.4 Å². The number of benzene rings is 2. The Morgan fingerprint density at radius 1 is 1.14 bits per heavy atom. The number of likely N-dealkylation sites (tertiary alicyclic amines) is 1. The number of hydrogen-bond donors (Lipinski definition) is 2. The van der Waals surface area contributed by atoms with E-state index in [-0.39, 0.29) is 29.5 Å². The van der Waals surface area contributed by atoms with E-state index >= 15 is 0 Å². The van der Waals surface area contributed by atoms with Crippen LogP contribution in [0.5, 0.6) is 11.5 Å². The van der Waals surface area contributed by atoms with Gasteiger partial charge in [-0.15, -0.1) is 0 Å². The van der Waals surface area contributed by atoms with Crippen LogP contribution in [0.2, 0.25) is 0 Å². The molecule has 1 unspecified atom stereocenters. The number of nitrogens with zero attached hydrogens (tertiary/aromatic N) is 1. The number of halogens is 1. The lowest BCUT2D eigenvalue weighted by Crippen LogP contribution is -2.47. The highest BCUT2D eigenvalue weighted by Gasteiger charge is 2.28. The van der Waals surface area contributed by atoms with E-state index in [2.05, 4.69) is 5.32 Å². The van der Waals surface area contributed by atoms with Gasteiger partial charge in [0.15, 0.2) is 11.6 Å². The fourth-order valence-corrected chi connectivity index (χ4v) is 3.23. The smallest absolute Gasteiger partial charge is 0.234 e. The van der Waals surface area contributed by atoms with Crippen molar-refractivity contribution < 1.29 is 18.7 Å². The molecular weight excluding hydrogens is 361 g/mol. The van der Waals surface area contributed by atoms with Crippen LogP contribution in [0.15, 0.2) is 48.5 Å². The third-order valence-electron chi connectivity index (χ3n) is 5.05. The van der Waals surface area contributed by atoms with Crippen molar-refractivity contribution in [1.82, 2.24) is 4.90 Å². The van der Waals surface area contributed by atoms with Crippen LogP contribution in [0.1, 0.15) is 19.8 Å². The highest BCUT2D eigenvalue weighted by molar-refractivity contribution is 5.92. The molecule has 0 aliphatic carbocycles. The quantitative estimate of drug-likeness (QED) is 0.800. The molecule has 1 heterocycles. The number of primary amides is 1. The number of para-hydroxylation sites is 1. The Labute approximate surface area is 163 Å². The number of ether oxygens (including phenoxy) is 1. The molecule has 0 saturated carbocycles. The molecule has 2 aromatic rings. The molecule has 1 fully saturated rings. The minimum atomic E-state index is -0.433. The van der Waals surface area contributed by atoms with E-state index in [0.717, 1.165) is 0 Å². The van der Waals surface area contributed by atoms with Crippen molar-refractivity contribution in [2.75, 3.05) is 18.4 Å². The van der Waals surface area contributed by atoms with Crippen molar-refractivity contribution in [2.45, 2.75) is 25.8 Å². The Balaban J connectivity index is 1.52. The minimum Gasteiger partial charge on any atom is -0.454 e. The van der Waals surface area contributed by atoms with Gasteiger partial charge in [0.05, 0.1) is 6.04 Å². The first-order valence-electron chi connectivity index (χ1n) is 9.30. The maximum absolute atomic E-state index is 13.6. The van der Waals surface area contributed by atoms with E-state index in [0.29, 0.717) is 37.4 Å². The summed E-state index contributed by atoms with van der Waals surface area (Å²) in [5.41, 5.74) is 5.99. The van der Waals surface area contributed by atoms with Gasteiger partial charge >= 0.3 is 0 Å². The molecule has 6 nitrogen and oxygen atoms in total. The Kier molecular flexibility index (Phi) is 6.26. The third kappa shape index (κ3) is 4.86. The minimum absolute atomic E-state index is 0.0471. The summed E-state index contributed by atoms with van der Waals surface area (Å²) in [6.45, 7) is 3.11. The van der Waals surface area contributed by atoms with Crippen molar-refractivity contribution in [2.24, 2.45) is 11.7 Å². The molecule has 3 N–H and O–H groups in total. The van der Waals surface area contributed by atoms with E-state index in [9.17, 15) is 14.0 Å². The zero-order valence-corrected chi connectivity index (χ0v) is 15.7. The average Bonchev–Trinajstić information content (AvgIpc) is 2.70. The normalized spacial score (nSPS) is 16.4. The molecule has 0 radical (unpaired) electrons. The van der Waals surface area contributed by atoms with Gasteiger partial charge < -0.3 is 15.8 Å². The van der Waals surface area contributed by atoms with Crippen molar-refractivity contribution in [3.05, 3.63) is 54.3 Å². The van der Waals surface area contributed by atoms with Gasteiger partial charge in [-0.25, -0.2) is 4.39 Å². The second-order valence-corrected chi connectivity index (χ2v) is 6.93. The molecule has 0 spiro atoms. The van der Waals surface area contributed by atoms with Crippen molar-refractivity contribution in [1.29, 1.82) is 0 Å². The summed E-state index contributed by atoms with van der Waals surface area (Å²) in [6, 6.07) is 12.7. The third-order valence-corrected chi connectivity index (χ3v) is 5.05. The number of nitrogens with two attached hydrogens (primary N) is 1. The molecule has 0 bridgehead atoms. The van der Waals surface area contributed by atoms with Gasteiger partial charge in [0.25, 0.3) is 0 Å². The lowest BCUT2D eigenvalue weighted by molar-refractivity contribution is -0.124. The SMILES string of the molecule is CC(C(N)=O)N1CCC(C(=O)Nc2ccc(Oc3ccccc3F)cc2)CC1. The second kappa shape index (κ2) is 8.84. The van der Waals surface area contributed by atoms with Gasteiger partial charge in [-0.1, -0.05) is 12.1 Å². The van der Waals surface area contributed by atoms with Crippen molar-refractivity contribution in [3.63, 3.8) is 0 Å². The van der Waals surface area contributed by atoms with Crippen molar-refractivity contribution in [3.8, 4) is 11.5 Å². The highest BCUT2D eigenvalue weighted by Crippen LogP contribution is 2.26. The fraction of sp³-hybridized carbons (Fsp3) is 0.333.